The maximum atomic E-state index is 10.6. The lowest BCUT2D eigenvalue weighted by Gasteiger charge is -2.08. The Hall–Kier alpha value is -1.92. The van der Waals surface area contributed by atoms with E-state index in [2.05, 4.69) is 10.2 Å². The first-order valence-electron chi connectivity index (χ1n) is 4.45. The van der Waals surface area contributed by atoms with E-state index in [4.69, 9.17) is 5.11 Å². The lowest BCUT2D eigenvalue weighted by molar-refractivity contribution is -0.390. The molecule has 7 nitrogen and oxygen atoms in total. The molecule has 1 aliphatic rings. The van der Waals surface area contributed by atoms with Gasteiger partial charge in [-0.2, -0.15) is 0 Å². The van der Waals surface area contributed by atoms with E-state index in [1.807, 2.05) is 0 Å². The van der Waals surface area contributed by atoms with Crippen LogP contribution < -0.4 is 0 Å². The third-order valence-electron chi connectivity index (χ3n) is 2.72. The monoisotopic (exact) mass is 211 g/mol. The minimum atomic E-state index is -0.942. The molecule has 2 N–H and O–H groups in total. The summed E-state index contributed by atoms with van der Waals surface area (Å²) in [5, 5.41) is 25.2. The first-order valence-corrected chi connectivity index (χ1v) is 4.45. The summed E-state index contributed by atoms with van der Waals surface area (Å²) >= 11 is 0. The van der Waals surface area contributed by atoms with Gasteiger partial charge >= 0.3 is 11.8 Å². The van der Waals surface area contributed by atoms with Gasteiger partial charge in [0, 0.05) is 5.41 Å². The number of nitrogens with one attached hydrogen (secondary N) is 1. The Morgan fingerprint density at radius 1 is 1.73 bits per heavy atom. The second kappa shape index (κ2) is 3.04. The molecule has 1 aromatic rings. The van der Waals surface area contributed by atoms with Gasteiger partial charge in [-0.3, -0.25) is 4.79 Å². The molecule has 0 unspecified atom stereocenters. The number of aromatic amines is 1. The molecular weight excluding hydrogens is 202 g/mol. The highest BCUT2D eigenvalue weighted by atomic mass is 16.6. The maximum Gasteiger partial charge on any atom is 0.346 e. The minimum absolute atomic E-state index is 0.0760. The molecule has 0 aliphatic heterocycles. The molecule has 2 rings (SSSR count). The molecule has 15 heavy (non-hydrogen) atoms. The summed E-state index contributed by atoms with van der Waals surface area (Å²) in [6.45, 7) is 0. The predicted molar refractivity (Wildman–Crippen MR) is 48.4 cm³/mol. The molecule has 80 valence electrons. The zero-order valence-electron chi connectivity index (χ0n) is 7.77. The van der Waals surface area contributed by atoms with Crippen LogP contribution in [0.1, 0.15) is 24.8 Å². The highest BCUT2D eigenvalue weighted by Crippen LogP contribution is 2.53. The van der Waals surface area contributed by atoms with Crippen LogP contribution in [0, 0.1) is 10.1 Å². The van der Waals surface area contributed by atoms with Crippen molar-refractivity contribution in [1.82, 2.24) is 10.2 Å². The van der Waals surface area contributed by atoms with Gasteiger partial charge in [0.15, 0.2) is 0 Å². The molecule has 7 heteroatoms. The SMILES string of the molecule is O=C(O)CC1(c2cn[nH]c2[N+](=O)[O-])CC1. The minimum Gasteiger partial charge on any atom is -0.481 e. The molecule has 1 aromatic heterocycles. The van der Waals surface area contributed by atoms with Crippen LogP contribution >= 0.6 is 0 Å². The fraction of sp³-hybridized carbons (Fsp3) is 0.500. The first kappa shape index (κ1) is 9.63. The van der Waals surface area contributed by atoms with Crippen molar-refractivity contribution < 1.29 is 14.8 Å². The summed E-state index contributed by atoms with van der Waals surface area (Å²) < 4.78 is 0. The van der Waals surface area contributed by atoms with E-state index in [1.54, 1.807) is 0 Å². The number of carboxylic acid groups (broad SMARTS) is 1. The van der Waals surface area contributed by atoms with Crippen LogP contribution in [0.3, 0.4) is 0 Å². The summed E-state index contributed by atoms with van der Waals surface area (Å²) in [7, 11) is 0. The Labute approximate surface area is 84.3 Å². The van der Waals surface area contributed by atoms with E-state index in [0.29, 0.717) is 18.4 Å². The van der Waals surface area contributed by atoms with E-state index in [-0.39, 0.29) is 12.2 Å². The summed E-state index contributed by atoms with van der Waals surface area (Å²) in [5.41, 5.74) is -0.156. The highest BCUT2D eigenvalue weighted by Gasteiger charge is 2.50. The lowest BCUT2D eigenvalue weighted by atomic mass is 9.94. The number of nitro groups is 1. The van der Waals surface area contributed by atoms with E-state index < -0.39 is 16.3 Å². The Kier molecular flexibility index (Phi) is 1.95. The van der Waals surface area contributed by atoms with Crippen LogP contribution in [0.4, 0.5) is 5.82 Å². The first-order chi connectivity index (χ1) is 7.05. The normalized spacial score (nSPS) is 17.3. The van der Waals surface area contributed by atoms with E-state index in [1.165, 1.54) is 6.20 Å². The molecule has 1 saturated carbocycles. The molecule has 1 fully saturated rings. The number of nitrogens with zero attached hydrogens (tertiary/aromatic N) is 2. The van der Waals surface area contributed by atoms with Crippen LogP contribution in [-0.2, 0) is 10.2 Å². The van der Waals surface area contributed by atoms with Gasteiger partial charge in [-0.1, -0.05) is 5.10 Å². The third kappa shape index (κ3) is 1.56. The van der Waals surface area contributed by atoms with E-state index in [0.717, 1.165) is 0 Å². The van der Waals surface area contributed by atoms with Crippen molar-refractivity contribution in [1.29, 1.82) is 0 Å². The summed E-state index contributed by atoms with van der Waals surface area (Å²) in [6, 6.07) is 0. The number of hydrogen-bond acceptors (Lipinski definition) is 4. The van der Waals surface area contributed by atoms with Gasteiger partial charge in [-0.15, -0.1) is 5.10 Å². The number of aliphatic carboxylic acids is 1. The van der Waals surface area contributed by atoms with Gasteiger partial charge in [0.1, 0.15) is 0 Å². The summed E-state index contributed by atoms with van der Waals surface area (Å²) in [4.78, 5) is 20.7. The number of hydrogen-bond donors (Lipinski definition) is 2. The van der Waals surface area contributed by atoms with Crippen molar-refractivity contribution in [3.05, 3.63) is 21.9 Å². The molecule has 0 saturated heterocycles. The molecule has 0 radical (unpaired) electrons. The molecule has 0 atom stereocenters. The number of H-pyrrole nitrogens is 1. The fourth-order valence-corrected chi connectivity index (χ4v) is 1.79. The number of carbonyl (C=O) groups is 1. The van der Waals surface area contributed by atoms with Gasteiger partial charge < -0.3 is 15.2 Å². The van der Waals surface area contributed by atoms with Crippen molar-refractivity contribution in [3.63, 3.8) is 0 Å². The summed E-state index contributed by atoms with van der Waals surface area (Å²) in [6.07, 6.45) is 2.61. The predicted octanol–water partition coefficient (Wildman–Crippen LogP) is 0.824. The van der Waals surface area contributed by atoms with Crippen molar-refractivity contribution in [2.75, 3.05) is 0 Å². The number of aromatic nitrogens is 2. The van der Waals surface area contributed by atoms with Crippen molar-refractivity contribution in [2.45, 2.75) is 24.7 Å². The molecular formula is C8H9N3O4. The topological polar surface area (TPSA) is 109 Å². The molecule has 1 aliphatic carbocycles. The van der Waals surface area contributed by atoms with Gasteiger partial charge in [-0.25, -0.2) is 0 Å². The van der Waals surface area contributed by atoms with Gasteiger partial charge in [0.05, 0.1) is 18.2 Å². The maximum absolute atomic E-state index is 10.6. The molecule has 0 bridgehead atoms. The highest BCUT2D eigenvalue weighted by molar-refractivity contribution is 5.70. The van der Waals surface area contributed by atoms with Crippen LogP contribution in [0.15, 0.2) is 6.20 Å². The smallest absolute Gasteiger partial charge is 0.346 e. The Bertz CT molecular complexity index is 421. The Morgan fingerprint density at radius 2 is 2.40 bits per heavy atom. The average Bonchev–Trinajstić information content (AvgIpc) is 2.74. The van der Waals surface area contributed by atoms with Crippen LogP contribution in [-0.4, -0.2) is 26.2 Å². The largest absolute Gasteiger partial charge is 0.481 e. The van der Waals surface area contributed by atoms with Gasteiger partial charge in [0.2, 0.25) is 0 Å². The van der Waals surface area contributed by atoms with Gasteiger partial charge in [-0.05, 0) is 17.8 Å². The standard InChI is InChI=1S/C8H9N3O4/c12-6(13)3-8(1-2-8)5-4-9-10-7(5)11(14)15/h4H,1-3H2,(H,9,10)(H,12,13). The van der Waals surface area contributed by atoms with Crippen LogP contribution in [0.25, 0.3) is 0 Å². The van der Waals surface area contributed by atoms with Crippen molar-refractivity contribution in [3.8, 4) is 0 Å². The second-order valence-electron chi connectivity index (χ2n) is 3.74. The van der Waals surface area contributed by atoms with Crippen LogP contribution in [0.5, 0.6) is 0 Å². The van der Waals surface area contributed by atoms with Crippen molar-refractivity contribution in [2.24, 2.45) is 0 Å². The Balaban J connectivity index is 2.33. The second-order valence-corrected chi connectivity index (χ2v) is 3.74. The quantitative estimate of drug-likeness (QED) is 0.566. The lowest BCUT2D eigenvalue weighted by Crippen LogP contribution is -2.13. The van der Waals surface area contributed by atoms with Crippen molar-refractivity contribution >= 4 is 11.8 Å². The average molecular weight is 211 g/mol. The molecule has 1 heterocycles. The zero-order valence-corrected chi connectivity index (χ0v) is 7.77. The fourth-order valence-electron chi connectivity index (χ4n) is 1.79. The zero-order chi connectivity index (χ0) is 11.1. The molecule has 0 amide bonds. The third-order valence-corrected chi connectivity index (χ3v) is 2.72. The number of carboxylic acids is 1. The Morgan fingerprint density at radius 3 is 2.87 bits per heavy atom. The molecule has 0 spiro atoms. The summed E-state index contributed by atoms with van der Waals surface area (Å²) in [5.74, 6) is -1.13. The van der Waals surface area contributed by atoms with Crippen LogP contribution in [0.2, 0.25) is 0 Å². The number of rotatable bonds is 4. The molecule has 0 aromatic carbocycles. The van der Waals surface area contributed by atoms with Gasteiger partial charge in [0.25, 0.3) is 0 Å². The van der Waals surface area contributed by atoms with E-state index in [9.17, 15) is 14.9 Å². The van der Waals surface area contributed by atoms with E-state index >= 15 is 0 Å².